The van der Waals surface area contributed by atoms with Gasteiger partial charge < -0.3 is 24.2 Å². The summed E-state index contributed by atoms with van der Waals surface area (Å²) in [6.07, 6.45) is 3.32. The Bertz CT molecular complexity index is 742. The first-order valence-corrected chi connectivity index (χ1v) is 9.90. The van der Waals surface area contributed by atoms with Gasteiger partial charge in [-0.3, -0.25) is 0 Å². The number of methoxy groups -OCH3 is 2. The SMILES string of the molecule is COc1cc(CCc2ccccc2OCC[C@@H]2C[C@H](O)CN2C)cc(OC)c1. The average molecular weight is 386 g/mol. The van der Waals surface area contributed by atoms with Crippen molar-refractivity contribution in [3.8, 4) is 17.2 Å². The van der Waals surface area contributed by atoms with E-state index in [4.69, 9.17) is 14.2 Å². The Balaban J connectivity index is 1.58. The number of likely N-dealkylation sites (tertiary alicyclic amines) is 1. The van der Waals surface area contributed by atoms with Crippen LogP contribution in [-0.4, -0.2) is 56.6 Å². The number of benzene rings is 2. The van der Waals surface area contributed by atoms with E-state index < -0.39 is 0 Å². The standard InChI is InChI=1S/C23H31NO4/c1-24-16-20(25)14-19(24)10-11-28-23-7-5-4-6-18(23)9-8-17-12-21(26-2)15-22(13-17)27-3/h4-7,12-13,15,19-20,25H,8-11,14,16H2,1-3H3/t19-,20+/m1/s1. The summed E-state index contributed by atoms with van der Waals surface area (Å²) >= 11 is 0. The number of hydrogen-bond donors (Lipinski definition) is 1. The van der Waals surface area contributed by atoms with Crippen LogP contribution in [0, 0.1) is 0 Å². The van der Waals surface area contributed by atoms with Crippen LogP contribution in [0.15, 0.2) is 42.5 Å². The third-order valence-corrected chi connectivity index (χ3v) is 5.44. The van der Waals surface area contributed by atoms with Crippen molar-refractivity contribution in [1.29, 1.82) is 0 Å². The molecular formula is C23H31NO4. The zero-order valence-electron chi connectivity index (χ0n) is 17.1. The number of aliphatic hydroxyl groups is 1. The molecule has 5 nitrogen and oxygen atoms in total. The fourth-order valence-corrected chi connectivity index (χ4v) is 3.83. The van der Waals surface area contributed by atoms with Gasteiger partial charge in [-0.05, 0) is 62.1 Å². The van der Waals surface area contributed by atoms with Crippen molar-refractivity contribution >= 4 is 0 Å². The van der Waals surface area contributed by atoms with Gasteiger partial charge in [0, 0.05) is 18.7 Å². The largest absolute Gasteiger partial charge is 0.497 e. The van der Waals surface area contributed by atoms with Crippen molar-refractivity contribution in [1.82, 2.24) is 4.90 Å². The summed E-state index contributed by atoms with van der Waals surface area (Å²) in [5, 5.41) is 9.78. The first-order valence-electron chi connectivity index (χ1n) is 9.90. The van der Waals surface area contributed by atoms with Gasteiger partial charge >= 0.3 is 0 Å². The summed E-state index contributed by atoms with van der Waals surface area (Å²) in [6.45, 7) is 1.41. The highest BCUT2D eigenvalue weighted by Gasteiger charge is 2.27. The van der Waals surface area contributed by atoms with Gasteiger partial charge in [-0.15, -0.1) is 0 Å². The van der Waals surface area contributed by atoms with Crippen LogP contribution < -0.4 is 14.2 Å². The van der Waals surface area contributed by atoms with E-state index in [0.29, 0.717) is 12.6 Å². The molecule has 0 bridgehead atoms. The van der Waals surface area contributed by atoms with E-state index in [1.54, 1.807) is 14.2 Å². The predicted molar refractivity (Wildman–Crippen MR) is 111 cm³/mol. The highest BCUT2D eigenvalue weighted by molar-refractivity contribution is 5.40. The Hall–Kier alpha value is -2.24. The molecule has 0 amide bonds. The second-order valence-electron chi connectivity index (χ2n) is 7.45. The Morgan fingerprint density at radius 3 is 2.39 bits per heavy atom. The first-order chi connectivity index (χ1) is 13.6. The van der Waals surface area contributed by atoms with Crippen LogP contribution in [-0.2, 0) is 12.8 Å². The van der Waals surface area contributed by atoms with Gasteiger partial charge in [-0.1, -0.05) is 18.2 Å². The van der Waals surface area contributed by atoms with Gasteiger partial charge in [0.2, 0.25) is 0 Å². The van der Waals surface area contributed by atoms with E-state index >= 15 is 0 Å². The summed E-state index contributed by atoms with van der Waals surface area (Å²) in [5.74, 6) is 2.56. The summed E-state index contributed by atoms with van der Waals surface area (Å²) < 4.78 is 16.8. The van der Waals surface area contributed by atoms with E-state index in [1.807, 2.05) is 30.3 Å². The number of β-amino-alcohol motifs (C(OH)–C–C–N with tert-alkyl or cyclic N) is 1. The highest BCUT2D eigenvalue weighted by Crippen LogP contribution is 2.26. The molecule has 0 spiro atoms. The molecule has 5 heteroatoms. The van der Waals surface area contributed by atoms with E-state index in [2.05, 4.69) is 24.1 Å². The van der Waals surface area contributed by atoms with Crippen molar-refractivity contribution < 1.29 is 19.3 Å². The van der Waals surface area contributed by atoms with E-state index in [1.165, 1.54) is 11.1 Å². The number of ether oxygens (including phenoxy) is 3. The first kappa shape index (κ1) is 20.5. The van der Waals surface area contributed by atoms with Gasteiger partial charge in [0.1, 0.15) is 17.2 Å². The maximum absolute atomic E-state index is 9.78. The maximum atomic E-state index is 9.78. The average Bonchev–Trinajstić information content (AvgIpc) is 3.03. The van der Waals surface area contributed by atoms with Crippen LogP contribution in [0.3, 0.4) is 0 Å². The molecule has 0 unspecified atom stereocenters. The zero-order chi connectivity index (χ0) is 19.9. The molecule has 0 radical (unpaired) electrons. The lowest BCUT2D eigenvalue weighted by atomic mass is 10.0. The zero-order valence-corrected chi connectivity index (χ0v) is 17.1. The van der Waals surface area contributed by atoms with Crippen LogP contribution >= 0.6 is 0 Å². The third-order valence-electron chi connectivity index (χ3n) is 5.44. The fourth-order valence-electron chi connectivity index (χ4n) is 3.83. The summed E-state index contributed by atoms with van der Waals surface area (Å²) in [4.78, 5) is 2.22. The van der Waals surface area contributed by atoms with Crippen LogP contribution in [0.1, 0.15) is 24.0 Å². The van der Waals surface area contributed by atoms with Crippen LogP contribution in [0.2, 0.25) is 0 Å². The van der Waals surface area contributed by atoms with E-state index in [-0.39, 0.29) is 6.10 Å². The summed E-state index contributed by atoms with van der Waals surface area (Å²) in [7, 11) is 5.40. The monoisotopic (exact) mass is 385 g/mol. The van der Waals surface area contributed by atoms with Gasteiger partial charge in [0.25, 0.3) is 0 Å². The van der Waals surface area contributed by atoms with Gasteiger partial charge in [0.05, 0.1) is 26.9 Å². The second kappa shape index (κ2) is 9.80. The molecule has 1 heterocycles. The smallest absolute Gasteiger partial charge is 0.122 e. The third kappa shape index (κ3) is 5.40. The van der Waals surface area contributed by atoms with Crippen molar-refractivity contribution in [2.24, 2.45) is 0 Å². The van der Waals surface area contributed by atoms with Crippen LogP contribution in [0.25, 0.3) is 0 Å². The number of rotatable bonds is 9. The fraction of sp³-hybridized carbons (Fsp3) is 0.478. The predicted octanol–water partition coefficient (Wildman–Crippen LogP) is 3.32. The molecule has 0 aliphatic carbocycles. The number of nitrogens with zero attached hydrogens (tertiary/aromatic N) is 1. The molecule has 1 saturated heterocycles. The minimum atomic E-state index is -0.206. The molecule has 1 N–H and O–H groups in total. The van der Waals surface area contributed by atoms with Crippen molar-refractivity contribution in [2.75, 3.05) is 34.4 Å². The van der Waals surface area contributed by atoms with E-state index in [9.17, 15) is 5.11 Å². The molecule has 2 aromatic rings. The van der Waals surface area contributed by atoms with Crippen LogP contribution in [0.4, 0.5) is 0 Å². The number of para-hydroxylation sites is 1. The molecule has 3 rings (SSSR count). The molecule has 2 aromatic carbocycles. The topological polar surface area (TPSA) is 51.2 Å². The number of hydrogen-bond acceptors (Lipinski definition) is 5. The number of likely N-dealkylation sites (N-methyl/N-ethyl adjacent to an activating group) is 1. The minimum Gasteiger partial charge on any atom is -0.497 e. The Morgan fingerprint density at radius 1 is 1.04 bits per heavy atom. The highest BCUT2D eigenvalue weighted by atomic mass is 16.5. The number of aliphatic hydroxyl groups excluding tert-OH is 1. The molecule has 2 atom stereocenters. The van der Waals surface area contributed by atoms with Crippen molar-refractivity contribution in [2.45, 2.75) is 37.8 Å². The number of aryl methyl sites for hydroxylation is 2. The quantitative estimate of drug-likeness (QED) is 0.718. The van der Waals surface area contributed by atoms with Gasteiger partial charge in [-0.25, -0.2) is 0 Å². The molecule has 0 aromatic heterocycles. The Morgan fingerprint density at radius 2 is 1.75 bits per heavy atom. The van der Waals surface area contributed by atoms with Gasteiger partial charge in [-0.2, -0.15) is 0 Å². The Labute approximate surface area is 167 Å². The van der Waals surface area contributed by atoms with E-state index in [0.717, 1.165) is 49.5 Å². The lowest BCUT2D eigenvalue weighted by Gasteiger charge is -2.19. The molecular weight excluding hydrogens is 354 g/mol. The molecule has 0 saturated carbocycles. The molecule has 152 valence electrons. The summed E-state index contributed by atoms with van der Waals surface area (Å²) in [5.41, 5.74) is 2.37. The second-order valence-corrected chi connectivity index (χ2v) is 7.45. The molecule has 1 aliphatic rings. The lowest BCUT2D eigenvalue weighted by Crippen LogP contribution is -2.26. The minimum absolute atomic E-state index is 0.206. The summed E-state index contributed by atoms with van der Waals surface area (Å²) in [6, 6.07) is 14.6. The van der Waals surface area contributed by atoms with Crippen molar-refractivity contribution in [3.63, 3.8) is 0 Å². The normalized spacial score (nSPS) is 19.6. The van der Waals surface area contributed by atoms with Crippen molar-refractivity contribution in [3.05, 3.63) is 53.6 Å². The Kier molecular flexibility index (Phi) is 7.18. The maximum Gasteiger partial charge on any atom is 0.122 e. The lowest BCUT2D eigenvalue weighted by molar-refractivity contribution is 0.182. The van der Waals surface area contributed by atoms with Crippen LogP contribution in [0.5, 0.6) is 17.2 Å². The van der Waals surface area contributed by atoms with Gasteiger partial charge in [0.15, 0.2) is 0 Å². The molecule has 28 heavy (non-hydrogen) atoms. The molecule has 1 aliphatic heterocycles. The molecule has 1 fully saturated rings.